The van der Waals surface area contributed by atoms with Gasteiger partial charge in [0.25, 0.3) is 0 Å². The van der Waals surface area contributed by atoms with Crippen LogP contribution in [0.15, 0.2) is 48.7 Å². The van der Waals surface area contributed by atoms with E-state index >= 15 is 0 Å². The van der Waals surface area contributed by atoms with Crippen LogP contribution < -0.4 is 10.5 Å². The largest absolute Gasteiger partial charge is 0.494 e. The number of nitrogens with two attached hydrogens (primary N) is 1. The second-order valence-electron chi connectivity index (χ2n) is 5.47. The minimum absolute atomic E-state index is 0.708. The van der Waals surface area contributed by atoms with Crippen molar-refractivity contribution in [2.75, 3.05) is 12.3 Å². The normalized spacial score (nSPS) is 10.7. The SMILES string of the molecule is CCCOc1ccc(-c2cn(-c3cc(N)ccc3C)nn2)cc1. The predicted octanol–water partition coefficient (Wildman–Crippen LogP) is 3.61. The Morgan fingerprint density at radius 3 is 2.65 bits per heavy atom. The highest BCUT2D eigenvalue weighted by Gasteiger charge is 2.08. The van der Waals surface area contributed by atoms with E-state index in [0.717, 1.165) is 41.3 Å². The van der Waals surface area contributed by atoms with Gasteiger partial charge in [0.2, 0.25) is 0 Å². The number of nitrogen functional groups attached to an aromatic ring is 1. The fourth-order valence-electron chi connectivity index (χ4n) is 2.33. The van der Waals surface area contributed by atoms with E-state index in [2.05, 4.69) is 17.2 Å². The average Bonchev–Trinajstić information content (AvgIpc) is 3.05. The molecule has 118 valence electrons. The Morgan fingerprint density at radius 1 is 1.13 bits per heavy atom. The van der Waals surface area contributed by atoms with Gasteiger partial charge in [0, 0.05) is 11.3 Å². The maximum atomic E-state index is 5.86. The first kappa shape index (κ1) is 15.1. The van der Waals surface area contributed by atoms with Crippen molar-refractivity contribution in [1.29, 1.82) is 0 Å². The molecule has 2 aromatic carbocycles. The van der Waals surface area contributed by atoms with Crippen molar-refractivity contribution in [2.45, 2.75) is 20.3 Å². The van der Waals surface area contributed by atoms with Crippen LogP contribution in [0.3, 0.4) is 0 Å². The molecule has 0 saturated heterocycles. The van der Waals surface area contributed by atoms with Crippen LogP contribution in [0.1, 0.15) is 18.9 Å². The van der Waals surface area contributed by atoms with Gasteiger partial charge in [0.05, 0.1) is 18.5 Å². The molecule has 5 heteroatoms. The van der Waals surface area contributed by atoms with Crippen molar-refractivity contribution in [3.63, 3.8) is 0 Å². The number of benzene rings is 2. The molecule has 0 spiro atoms. The van der Waals surface area contributed by atoms with Crippen LogP contribution >= 0.6 is 0 Å². The number of aromatic nitrogens is 3. The fourth-order valence-corrected chi connectivity index (χ4v) is 2.33. The molecule has 0 fully saturated rings. The third-order valence-electron chi connectivity index (χ3n) is 3.60. The minimum Gasteiger partial charge on any atom is -0.494 e. The van der Waals surface area contributed by atoms with Gasteiger partial charge in [-0.15, -0.1) is 5.10 Å². The second-order valence-corrected chi connectivity index (χ2v) is 5.47. The van der Waals surface area contributed by atoms with E-state index in [-0.39, 0.29) is 0 Å². The predicted molar refractivity (Wildman–Crippen MR) is 91.7 cm³/mol. The monoisotopic (exact) mass is 308 g/mol. The molecule has 0 amide bonds. The van der Waals surface area contributed by atoms with Gasteiger partial charge in [-0.1, -0.05) is 18.2 Å². The first-order chi connectivity index (χ1) is 11.2. The van der Waals surface area contributed by atoms with Crippen LogP contribution in [0.2, 0.25) is 0 Å². The zero-order valence-electron chi connectivity index (χ0n) is 13.4. The van der Waals surface area contributed by atoms with E-state index < -0.39 is 0 Å². The van der Waals surface area contributed by atoms with Gasteiger partial charge in [-0.25, -0.2) is 4.68 Å². The molecule has 0 bridgehead atoms. The molecule has 0 aliphatic carbocycles. The molecule has 2 N–H and O–H groups in total. The second kappa shape index (κ2) is 6.52. The molecule has 0 atom stereocenters. The number of aryl methyl sites for hydroxylation is 1. The van der Waals surface area contributed by atoms with Crippen LogP contribution in [-0.4, -0.2) is 21.6 Å². The third-order valence-corrected chi connectivity index (χ3v) is 3.60. The molecule has 5 nitrogen and oxygen atoms in total. The van der Waals surface area contributed by atoms with Crippen molar-refractivity contribution in [2.24, 2.45) is 0 Å². The number of rotatable bonds is 5. The lowest BCUT2D eigenvalue weighted by atomic mass is 10.1. The average molecular weight is 308 g/mol. The summed E-state index contributed by atoms with van der Waals surface area (Å²) in [5, 5.41) is 8.47. The van der Waals surface area contributed by atoms with Crippen molar-refractivity contribution in [3.05, 3.63) is 54.2 Å². The molecule has 0 aliphatic heterocycles. The Morgan fingerprint density at radius 2 is 1.91 bits per heavy atom. The molecule has 0 saturated carbocycles. The highest BCUT2D eigenvalue weighted by atomic mass is 16.5. The first-order valence-electron chi connectivity index (χ1n) is 7.69. The highest BCUT2D eigenvalue weighted by molar-refractivity contribution is 5.60. The van der Waals surface area contributed by atoms with E-state index in [1.807, 2.05) is 55.6 Å². The molecule has 1 heterocycles. The van der Waals surface area contributed by atoms with Crippen LogP contribution in [-0.2, 0) is 0 Å². The number of anilines is 1. The lowest BCUT2D eigenvalue weighted by molar-refractivity contribution is 0.317. The molecular formula is C18H20N4O. The summed E-state index contributed by atoms with van der Waals surface area (Å²) in [6.45, 7) is 4.84. The Hall–Kier alpha value is -2.82. The molecule has 3 aromatic rings. The first-order valence-corrected chi connectivity index (χ1v) is 7.69. The van der Waals surface area contributed by atoms with Gasteiger partial charge in [0.1, 0.15) is 11.4 Å². The molecular weight excluding hydrogens is 288 g/mol. The third kappa shape index (κ3) is 3.34. The van der Waals surface area contributed by atoms with Crippen molar-refractivity contribution in [3.8, 4) is 22.7 Å². The number of hydrogen-bond acceptors (Lipinski definition) is 4. The van der Waals surface area contributed by atoms with Gasteiger partial charge in [-0.05, 0) is 55.3 Å². The summed E-state index contributed by atoms with van der Waals surface area (Å²) in [6.07, 6.45) is 2.90. The van der Waals surface area contributed by atoms with Gasteiger partial charge in [0.15, 0.2) is 0 Å². The van der Waals surface area contributed by atoms with Gasteiger partial charge in [-0.3, -0.25) is 0 Å². The zero-order valence-corrected chi connectivity index (χ0v) is 13.4. The Labute approximate surface area is 135 Å². The number of ether oxygens (including phenoxy) is 1. The summed E-state index contributed by atoms with van der Waals surface area (Å²) in [6, 6.07) is 13.6. The van der Waals surface area contributed by atoms with Gasteiger partial charge in [-0.2, -0.15) is 0 Å². The van der Waals surface area contributed by atoms with Crippen molar-refractivity contribution in [1.82, 2.24) is 15.0 Å². The van der Waals surface area contributed by atoms with Crippen molar-refractivity contribution < 1.29 is 4.74 Å². The fraction of sp³-hybridized carbons (Fsp3) is 0.222. The highest BCUT2D eigenvalue weighted by Crippen LogP contribution is 2.23. The van der Waals surface area contributed by atoms with Crippen LogP contribution in [0, 0.1) is 6.92 Å². The minimum atomic E-state index is 0.708. The molecule has 1 aromatic heterocycles. The van der Waals surface area contributed by atoms with E-state index in [0.29, 0.717) is 5.69 Å². The lowest BCUT2D eigenvalue weighted by Crippen LogP contribution is -1.99. The molecule has 0 aliphatic rings. The van der Waals surface area contributed by atoms with Crippen LogP contribution in [0.4, 0.5) is 5.69 Å². The van der Waals surface area contributed by atoms with E-state index in [9.17, 15) is 0 Å². The van der Waals surface area contributed by atoms with Crippen molar-refractivity contribution >= 4 is 5.69 Å². The molecule has 0 unspecified atom stereocenters. The van der Waals surface area contributed by atoms with E-state index in [4.69, 9.17) is 10.5 Å². The lowest BCUT2D eigenvalue weighted by Gasteiger charge is -2.05. The number of nitrogens with zero attached hydrogens (tertiary/aromatic N) is 3. The Bertz CT molecular complexity index is 793. The van der Waals surface area contributed by atoms with E-state index in [1.54, 1.807) is 4.68 Å². The summed E-state index contributed by atoms with van der Waals surface area (Å²) in [7, 11) is 0. The Balaban J connectivity index is 1.85. The summed E-state index contributed by atoms with van der Waals surface area (Å²) in [4.78, 5) is 0. The van der Waals surface area contributed by atoms with Gasteiger partial charge >= 0.3 is 0 Å². The van der Waals surface area contributed by atoms with Crippen LogP contribution in [0.25, 0.3) is 16.9 Å². The van der Waals surface area contributed by atoms with E-state index in [1.165, 1.54) is 0 Å². The van der Waals surface area contributed by atoms with Gasteiger partial charge < -0.3 is 10.5 Å². The maximum absolute atomic E-state index is 5.86. The smallest absolute Gasteiger partial charge is 0.119 e. The molecule has 3 rings (SSSR count). The Kier molecular flexibility index (Phi) is 4.28. The maximum Gasteiger partial charge on any atom is 0.119 e. The quantitative estimate of drug-likeness (QED) is 0.731. The summed E-state index contributed by atoms with van der Waals surface area (Å²) >= 11 is 0. The summed E-state index contributed by atoms with van der Waals surface area (Å²) in [5.74, 6) is 0.870. The molecule has 0 radical (unpaired) electrons. The summed E-state index contributed by atoms with van der Waals surface area (Å²) < 4.78 is 7.35. The number of hydrogen-bond donors (Lipinski definition) is 1. The zero-order chi connectivity index (χ0) is 16.2. The standard InChI is InChI=1S/C18H20N4O/c1-3-10-23-16-8-5-14(6-9-16)17-12-22(21-20-17)18-11-15(19)7-4-13(18)2/h4-9,11-12H,3,10,19H2,1-2H3. The van der Waals surface area contributed by atoms with Crippen LogP contribution in [0.5, 0.6) is 5.75 Å². The molecule has 23 heavy (non-hydrogen) atoms. The topological polar surface area (TPSA) is 66.0 Å². The summed E-state index contributed by atoms with van der Waals surface area (Å²) in [5.41, 5.74) is 10.4.